The van der Waals surface area contributed by atoms with Crippen LogP contribution in [0.5, 0.6) is 11.5 Å². The minimum atomic E-state index is -0.967. The van der Waals surface area contributed by atoms with Crippen LogP contribution in [0.1, 0.15) is 44.4 Å². The zero-order chi connectivity index (χ0) is 30.2. The van der Waals surface area contributed by atoms with Crippen molar-refractivity contribution in [2.75, 3.05) is 14.2 Å². The van der Waals surface area contributed by atoms with Gasteiger partial charge in [-0.25, -0.2) is 0 Å². The molecule has 3 aromatic carbocycles. The fourth-order valence-corrected chi connectivity index (χ4v) is 5.80. The second-order valence-corrected chi connectivity index (χ2v) is 11.4. The number of hydrogen-bond donors (Lipinski definition) is 2. The van der Waals surface area contributed by atoms with E-state index in [1.54, 1.807) is 18.2 Å². The Balaban J connectivity index is 0.000000226. The quantitative estimate of drug-likeness (QED) is 0.149. The Morgan fingerprint density at radius 3 is 2.12 bits per heavy atom. The Morgan fingerprint density at radius 1 is 1.00 bits per heavy atom. The number of alkyl halides is 2. The van der Waals surface area contributed by atoms with Crippen molar-refractivity contribution in [3.8, 4) is 11.5 Å². The molecule has 1 fully saturated rings. The number of benzene rings is 3. The number of hydrogen-bond acceptors (Lipinski definition) is 5. The van der Waals surface area contributed by atoms with Crippen LogP contribution in [0, 0.1) is 11.3 Å². The van der Waals surface area contributed by atoms with Gasteiger partial charge in [0.2, 0.25) is 5.91 Å². The molecule has 0 heterocycles. The highest BCUT2D eigenvalue weighted by molar-refractivity contribution is 6.53. The van der Waals surface area contributed by atoms with E-state index in [0.29, 0.717) is 28.5 Å². The summed E-state index contributed by atoms with van der Waals surface area (Å²) in [5.74, 6) is 0.739. The van der Waals surface area contributed by atoms with Gasteiger partial charge in [-0.2, -0.15) is 0 Å². The molecular weight excluding hydrogens is 585 g/mol. The third kappa shape index (κ3) is 7.15. The standard InChI is InChI=1S/C16H16N2O3.C15H18Cl3NO/c1-17-16(19)15(18-20-2)13-10-6-7-11-14(13)21-12-8-4-3-5-9-12;1-4-14(10(3)15(14,17)18)13(20)19-9(2)11-5-7-12(16)8-6-11/h3-11H,1-2H3,(H,17,19);5-10H,4H2,1-3H3,(H,19,20)/b18-15+;. The Bertz CT molecular complexity index is 1370. The molecule has 3 unspecified atom stereocenters. The Morgan fingerprint density at radius 2 is 1.59 bits per heavy atom. The van der Waals surface area contributed by atoms with E-state index in [2.05, 4.69) is 15.8 Å². The van der Waals surface area contributed by atoms with Crippen molar-refractivity contribution in [1.82, 2.24) is 10.6 Å². The van der Waals surface area contributed by atoms with Crippen LogP contribution >= 0.6 is 34.8 Å². The first-order valence-corrected chi connectivity index (χ1v) is 14.3. The predicted molar refractivity (Wildman–Crippen MR) is 165 cm³/mol. The number of oxime groups is 1. The molecule has 1 saturated carbocycles. The van der Waals surface area contributed by atoms with Gasteiger partial charge in [0, 0.05) is 18.0 Å². The lowest BCUT2D eigenvalue weighted by molar-refractivity contribution is -0.127. The molecule has 0 radical (unpaired) electrons. The molecular formula is C31H34Cl3N3O4. The largest absolute Gasteiger partial charge is 0.457 e. The molecule has 2 amide bonds. The number of nitrogens with one attached hydrogen (secondary N) is 2. The first kappa shape index (κ1) is 32.3. The molecule has 0 bridgehead atoms. The van der Waals surface area contributed by atoms with Crippen molar-refractivity contribution in [1.29, 1.82) is 0 Å². The highest BCUT2D eigenvalue weighted by Crippen LogP contribution is 2.70. The van der Waals surface area contributed by atoms with Gasteiger partial charge in [0.25, 0.3) is 5.91 Å². The van der Waals surface area contributed by atoms with E-state index in [9.17, 15) is 9.59 Å². The summed E-state index contributed by atoms with van der Waals surface area (Å²) < 4.78 is 4.85. The van der Waals surface area contributed by atoms with Gasteiger partial charge in [0.15, 0.2) is 5.71 Å². The van der Waals surface area contributed by atoms with E-state index in [0.717, 1.165) is 5.56 Å². The Labute approximate surface area is 256 Å². The smallest absolute Gasteiger partial charge is 0.273 e. The molecule has 41 heavy (non-hydrogen) atoms. The van der Waals surface area contributed by atoms with Crippen LogP contribution in [0.2, 0.25) is 5.02 Å². The number of likely N-dealkylation sites (N-methyl/N-ethyl adjacent to an activating group) is 1. The van der Waals surface area contributed by atoms with Crippen LogP contribution in [0.4, 0.5) is 0 Å². The van der Waals surface area contributed by atoms with E-state index >= 15 is 0 Å². The summed E-state index contributed by atoms with van der Waals surface area (Å²) in [5.41, 5.74) is 1.03. The highest BCUT2D eigenvalue weighted by atomic mass is 35.5. The van der Waals surface area contributed by atoms with Gasteiger partial charge in [-0.1, -0.05) is 73.1 Å². The second-order valence-electron chi connectivity index (χ2n) is 9.53. The van der Waals surface area contributed by atoms with Crippen LogP contribution < -0.4 is 15.4 Å². The predicted octanol–water partition coefficient (Wildman–Crippen LogP) is 7.31. The van der Waals surface area contributed by atoms with Crippen molar-refractivity contribution >= 4 is 52.3 Å². The van der Waals surface area contributed by atoms with Crippen molar-refractivity contribution in [2.24, 2.45) is 16.5 Å². The number of para-hydroxylation sites is 2. The minimum absolute atomic E-state index is 0.0410. The molecule has 10 heteroatoms. The first-order chi connectivity index (χ1) is 19.5. The van der Waals surface area contributed by atoms with E-state index in [1.807, 2.05) is 81.4 Å². The van der Waals surface area contributed by atoms with Gasteiger partial charge in [0.05, 0.1) is 17.0 Å². The highest BCUT2D eigenvalue weighted by Gasteiger charge is 2.76. The van der Waals surface area contributed by atoms with E-state index in [1.165, 1.54) is 14.2 Å². The number of rotatable bonds is 9. The number of carbonyl (C=O) groups excluding carboxylic acids is 2. The van der Waals surface area contributed by atoms with Crippen LogP contribution in [0.25, 0.3) is 0 Å². The van der Waals surface area contributed by atoms with Gasteiger partial charge in [0.1, 0.15) is 22.9 Å². The average Bonchev–Trinajstić information content (AvgIpc) is 3.43. The molecule has 218 valence electrons. The van der Waals surface area contributed by atoms with Crippen LogP contribution in [-0.2, 0) is 14.4 Å². The third-order valence-corrected chi connectivity index (χ3v) is 8.79. The lowest BCUT2D eigenvalue weighted by Gasteiger charge is -2.20. The molecule has 4 rings (SSSR count). The lowest BCUT2D eigenvalue weighted by Crippen LogP contribution is -2.36. The number of ether oxygens (including phenoxy) is 1. The molecule has 7 nitrogen and oxygen atoms in total. The number of amides is 2. The molecule has 2 N–H and O–H groups in total. The topological polar surface area (TPSA) is 89.0 Å². The summed E-state index contributed by atoms with van der Waals surface area (Å²) in [6, 6.07) is 23.8. The summed E-state index contributed by atoms with van der Waals surface area (Å²) in [7, 11) is 2.93. The van der Waals surface area contributed by atoms with E-state index in [-0.39, 0.29) is 29.5 Å². The van der Waals surface area contributed by atoms with Crippen molar-refractivity contribution in [2.45, 2.75) is 37.6 Å². The normalized spacial score (nSPS) is 19.6. The fourth-order valence-electron chi connectivity index (χ4n) is 4.64. The third-order valence-electron chi connectivity index (χ3n) is 7.21. The Hall–Kier alpha value is -3.26. The molecule has 1 aliphatic carbocycles. The van der Waals surface area contributed by atoms with Gasteiger partial charge in [-0.3, -0.25) is 9.59 Å². The Kier molecular flexibility index (Phi) is 11.1. The zero-order valence-corrected chi connectivity index (χ0v) is 25.8. The fraction of sp³-hybridized carbons (Fsp3) is 0.323. The number of halogens is 3. The van der Waals surface area contributed by atoms with Crippen molar-refractivity contribution in [3.05, 3.63) is 95.0 Å². The number of nitrogens with zero attached hydrogens (tertiary/aromatic N) is 1. The van der Waals surface area contributed by atoms with E-state index in [4.69, 9.17) is 44.4 Å². The SMILES string of the molecule is CCC1(C(=O)NC(C)c2ccc(Cl)cc2)C(C)C1(Cl)Cl.CNC(=O)/C(=N/OC)c1ccccc1Oc1ccccc1. The monoisotopic (exact) mass is 617 g/mol. The maximum atomic E-state index is 12.5. The number of carbonyl (C=O) groups is 2. The van der Waals surface area contributed by atoms with Crippen molar-refractivity contribution in [3.63, 3.8) is 0 Å². The maximum Gasteiger partial charge on any atom is 0.273 e. The molecule has 0 spiro atoms. The van der Waals surface area contributed by atoms with Gasteiger partial charge < -0.3 is 20.2 Å². The molecule has 1 aliphatic rings. The van der Waals surface area contributed by atoms with Crippen molar-refractivity contribution < 1.29 is 19.2 Å². The summed E-state index contributed by atoms with van der Waals surface area (Å²) in [6.45, 7) is 5.78. The van der Waals surface area contributed by atoms with Gasteiger partial charge >= 0.3 is 0 Å². The van der Waals surface area contributed by atoms with Gasteiger partial charge in [-0.05, 0) is 55.3 Å². The zero-order valence-electron chi connectivity index (χ0n) is 23.6. The molecule has 3 aromatic rings. The van der Waals surface area contributed by atoms with Crippen LogP contribution in [-0.4, -0.2) is 36.0 Å². The van der Waals surface area contributed by atoms with Crippen LogP contribution in [0.15, 0.2) is 84.0 Å². The summed E-state index contributed by atoms with van der Waals surface area (Å²) in [6.07, 6.45) is 0.625. The second kappa shape index (κ2) is 14.1. The average molecular weight is 619 g/mol. The molecule has 0 aromatic heterocycles. The van der Waals surface area contributed by atoms with Crippen LogP contribution in [0.3, 0.4) is 0 Å². The lowest BCUT2D eigenvalue weighted by atomic mass is 9.98. The summed E-state index contributed by atoms with van der Waals surface area (Å²) in [5, 5.41) is 10.0. The molecule has 0 saturated heterocycles. The first-order valence-electron chi connectivity index (χ1n) is 13.1. The maximum absolute atomic E-state index is 12.5. The van der Waals surface area contributed by atoms with E-state index < -0.39 is 9.75 Å². The summed E-state index contributed by atoms with van der Waals surface area (Å²) in [4.78, 5) is 29.2. The summed E-state index contributed by atoms with van der Waals surface area (Å²) >= 11 is 18.4. The van der Waals surface area contributed by atoms with Gasteiger partial charge in [-0.15, -0.1) is 23.2 Å². The minimum Gasteiger partial charge on any atom is -0.457 e. The molecule has 0 aliphatic heterocycles. The molecule has 3 atom stereocenters.